The summed E-state index contributed by atoms with van der Waals surface area (Å²) in [5.74, 6) is -0.845. The Labute approximate surface area is 124 Å². The van der Waals surface area contributed by atoms with Gasteiger partial charge in [0.15, 0.2) is 4.96 Å². The molecule has 2 aromatic heterocycles. The van der Waals surface area contributed by atoms with Gasteiger partial charge in [0.25, 0.3) is 0 Å². The van der Waals surface area contributed by atoms with Crippen molar-refractivity contribution in [3.63, 3.8) is 0 Å². The number of aliphatic carboxylic acids is 1. The first kappa shape index (κ1) is 13.1. The number of benzene rings is 1. The number of aryl methyl sites for hydroxylation is 1. The zero-order valence-corrected chi connectivity index (χ0v) is 12.2. The quantitative estimate of drug-likeness (QED) is 0.803. The van der Waals surface area contributed by atoms with Crippen molar-refractivity contribution in [2.75, 3.05) is 0 Å². The second-order valence-corrected chi connectivity index (χ2v) is 5.74. The molecule has 1 aromatic carbocycles. The van der Waals surface area contributed by atoms with Crippen LogP contribution in [0.25, 0.3) is 16.2 Å². The smallest absolute Gasteiger partial charge is 0.309 e. The van der Waals surface area contributed by atoms with E-state index < -0.39 is 5.97 Å². The van der Waals surface area contributed by atoms with Gasteiger partial charge in [0, 0.05) is 27.4 Å². The molecule has 0 amide bonds. The zero-order valence-electron chi connectivity index (χ0n) is 10.6. The molecule has 4 nitrogen and oxygen atoms in total. The predicted molar refractivity (Wildman–Crippen MR) is 79.6 cm³/mol. The van der Waals surface area contributed by atoms with Gasteiger partial charge in [-0.15, -0.1) is 11.3 Å². The number of carboxylic acids is 1. The number of carboxylic acid groups (broad SMARTS) is 1. The van der Waals surface area contributed by atoms with Crippen molar-refractivity contribution in [2.24, 2.45) is 0 Å². The van der Waals surface area contributed by atoms with Gasteiger partial charge in [-0.1, -0.05) is 23.7 Å². The molecule has 3 aromatic rings. The molecule has 0 bridgehead atoms. The largest absolute Gasteiger partial charge is 0.481 e. The second-order valence-electron chi connectivity index (χ2n) is 4.47. The fraction of sp³-hybridized carbons (Fsp3) is 0.143. The third-order valence-electron chi connectivity index (χ3n) is 3.09. The molecule has 0 aliphatic carbocycles. The number of rotatable bonds is 3. The van der Waals surface area contributed by atoms with Gasteiger partial charge >= 0.3 is 5.97 Å². The normalized spacial score (nSPS) is 11.1. The summed E-state index contributed by atoms with van der Waals surface area (Å²) in [6.07, 6.45) is -0.00775. The molecular weight excluding hydrogens is 296 g/mol. The lowest BCUT2D eigenvalue weighted by Crippen LogP contribution is -2.03. The van der Waals surface area contributed by atoms with Crippen LogP contribution in [0.2, 0.25) is 5.02 Å². The highest BCUT2D eigenvalue weighted by molar-refractivity contribution is 7.15. The molecule has 0 unspecified atom stereocenters. The monoisotopic (exact) mass is 306 g/mol. The lowest BCUT2D eigenvalue weighted by molar-refractivity contribution is -0.136. The Morgan fingerprint density at radius 1 is 1.50 bits per heavy atom. The molecule has 0 fully saturated rings. The summed E-state index contributed by atoms with van der Waals surface area (Å²) in [4.78, 5) is 16.3. The lowest BCUT2D eigenvalue weighted by Gasteiger charge is -2.01. The van der Waals surface area contributed by atoms with Gasteiger partial charge in [0.05, 0.1) is 12.1 Å². The number of aromatic nitrogens is 2. The molecule has 3 rings (SSSR count). The standard InChI is InChI=1S/C14H11ClN2O2S/c1-8-13(9-3-2-4-10(15)5-9)16-14-17(8)11(7-20-14)6-12(18)19/h2-5,7H,6H2,1H3,(H,18,19). The SMILES string of the molecule is Cc1c(-c2cccc(Cl)c2)nc2scc(CC(=O)O)n12. The van der Waals surface area contributed by atoms with E-state index in [1.807, 2.05) is 41.0 Å². The maximum Gasteiger partial charge on any atom is 0.309 e. The van der Waals surface area contributed by atoms with Gasteiger partial charge in [0.2, 0.25) is 0 Å². The minimum Gasteiger partial charge on any atom is -0.481 e. The Kier molecular flexibility index (Phi) is 3.23. The molecule has 0 saturated heterocycles. The fourth-order valence-corrected chi connectivity index (χ4v) is 3.38. The highest BCUT2D eigenvalue weighted by Crippen LogP contribution is 2.29. The van der Waals surface area contributed by atoms with Gasteiger partial charge < -0.3 is 5.11 Å². The van der Waals surface area contributed by atoms with E-state index in [-0.39, 0.29) is 6.42 Å². The summed E-state index contributed by atoms with van der Waals surface area (Å²) in [5.41, 5.74) is 3.45. The van der Waals surface area contributed by atoms with Crippen molar-refractivity contribution in [1.82, 2.24) is 9.38 Å². The number of hydrogen-bond donors (Lipinski definition) is 1. The Morgan fingerprint density at radius 3 is 3.00 bits per heavy atom. The van der Waals surface area contributed by atoms with Crippen LogP contribution >= 0.6 is 22.9 Å². The van der Waals surface area contributed by atoms with Gasteiger partial charge in [-0.2, -0.15) is 0 Å². The van der Waals surface area contributed by atoms with Crippen LogP contribution < -0.4 is 0 Å². The number of carbonyl (C=O) groups is 1. The van der Waals surface area contributed by atoms with Crippen molar-refractivity contribution in [3.05, 3.63) is 46.1 Å². The third-order valence-corrected chi connectivity index (χ3v) is 4.20. The molecule has 0 atom stereocenters. The van der Waals surface area contributed by atoms with Crippen LogP contribution in [0.5, 0.6) is 0 Å². The summed E-state index contributed by atoms with van der Waals surface area (Å²) >= 11 is 7.46. The summed E-state index contributed by atoms with van der Waals surface area (Å²) in [6.45, 7) is 1.94. The molecule has 0 radical (unpaired) electrons. The lowest BCUT2D eigenvalue weighted by atomic mass is 10.1. The van der Waals surface area contributed by atoms with E-state index in [1.165, 1.54) is 11.3 Å². The van der Waals surface area contributed by atoms with Gasteiger partial charge in [-0.05, 0) is 19.1 Å². The fourth-order valence-electron chi connectivity index (χ4n) is 2.25. The molecule has 6 heteroatoms. The summed E-state index contributed by atoms with van der Waals surface area (Å²) in [7, 11) is 0. The van der Waals surface area contributed by atoms with E-state index in [1.54, 1.807) is 0 Å². The summed E-state index contributed by atoms with van der Waals surface area (Å²) < 4.78 is 1.90. The molecule has 0 aliphatic rings. The van der Waals surface area contributed by atoms with E-state index in [4.69, 9.17) is 16.7 Å². The second kappa shape index (κ2) is 4.92. The minimum absolute atomic E-state index is 0.00775. The number of halogens is 1. The van der Waals surface area contributed by atoms with Crippen molar-refractivity contribution < 1.29 is 9.90 Å². The van der Waals surface area contributed by atoms with Crippen molar-refractivity contribution >= 4 is 33.9 Å². The molecule has 102 valence electrons. The van der Waals surface area contributed by atoms with Gasteiger partial charge in [-0.25, -0.2) is 4.98 Å². The molecule has 20 heavy (non-hydrogen) atoms. The first-order valence-electron chi connectivity index (χ1n) is 5.99. The average Bonchev–Trinajstić information content (AvgIpc) is 2.91. The Balaban J connectivity index is 2.16. The van der Waals surface area contributed by atoms with E-state index in [0.717, 1.165) is 27.6 Å². The van der Waals surface area contributed by atoms with Gasteiger partial charge in [-0.3, -0.25) is 9.20 Å². The highest BCUT2D eigenvalue weighted by atomic mass is 35.5. The number of nitrogens with zero attached hydrogens (tertiary/aromatic N) is 2. The van der Waals surface area contributed by atoms with Crippen LogP contribution in [0.1, 0.15) is 11.4 Å². The molecule has 1 N–H and O–H groups in total. The highest BCUT2D eigenvalue weighted by Gasteiger charge is 2.16. The molecule has 0 spiro atoms. The van der Waals surface area contributed by atoms with Crippen LogP contribution in [-0.4, -0.2) is 20.5 Å². The topological polar surface area (TPSA) is 54.6 Å². The number of fused-ring (bicyclic) bond motifs is 1. The Hall–Kier alpha value is -1.85. The van der Waals surface area contributed by atoms with Gasteiger partial charge in [0.1, 0.15) is 0 Å². The van der Waals surface area contributed by atoms with E-state index in [2.05, 4.69) is 4.98 Å². The van der Waals surface area contributed by atoms with Crippen LogP contribution in [-0.2, 0) is 11.2 Å². The van der Waals surface area contributed by atoms with Crippen LogP contribution in [0.3, 0.4) is 0 Å². The van der Waals surface area contributed by atoms with E-state index >= 15 is 0 Å². The zero-order chi connectivity index (χ0) is 14.3. The van der Waals surface area contributed by atoms with E-state index in [9.17, 15) is 4.79 Å². The molecule has 0 aliphatic heterocycles. The van der Waals surface area contributed by atoms with Crippen LogP contribution in [0.4, 0.5) is 0 Å². The number of imidazole rings is 1. The number of thiazole rings is 1. The van der Waals surface area contributed by atoms with Crippen LogP contribution in [0.15, 0.2) is 29.6 Å². The number of hydrogen-bond acceptors (Lipinski definition) is 3. The maximum absolute atomic E-state index is 10.9. The maximum atomic E-state index is 10.9. The Morgan fingerprint density at radius 2 is 2.30 bits per heavy atom. The predicted octanol–water partition coefficient (Wildman–Crippen LogP) is 3.65. The first-order valence-corrected chi connectivity index (χ1v) is 7.25. The third kappa shape index (κ3) is 2.19. The Bertz CT molecular complexity index is 807. The van der Waals surface area contributed by atoms with Crippen LogP contribution in [0, 0.1) is 6.92 Å². The van der Waals surface area contributed by atoms with Crippen molar-refractivity contribution in [1.29, 1.82) is 0 Å². The van der Waals surface area contributed by atoms with Crippen molar-refractivity contribution in [3.8, 4) is 11.3 Å². The molecule has 2 heterocycles. The molecular formula is C14H11ClN2O2S. The summed E-state index contributed by atoms with van der Waals surface area (Å²) in [6, 6.07) is 7.50. The average molecular weight is 307 g/mol. The minimum atomic E-state index is -0.845. The van der Waals surface area contributed by atoms with Crippen molar-refractivity contribution in [2.45, 2.75) is 13.3 Å². The van der Waals surface area contributed by atoms with E-state index in [0.29, 0.717) is 5.02 Å². The molecule has 0 saturated carbocycles. The summed E-state index contributed by atoms with van der Waals surface area (Å²) in [5, 5.41) is 11.4. The first-order chi connectivity index (χ1) is 9.56.